The average molecular weight is 307 g/mol. The van der Waals surface area contributed by atoms with E-state index in [9.17, 15) is 0 Å². The van der Waals surface area contributed by atoms with E-state index >= 15 is 0 Å². The molecule has 3 heterocycles. The normalized spacial score (nSPS) is 32.2. The highest BCUT2D eigenvalue weighted by Gasteiger charge is 2.41. The largest absolute Gasteiger partial charge is 0.457 e. The summed E-state index contributed by atoms with van der Waals surface area (Å²) < 4.78 is 6.37. The number of nitrogens with zero attached hydrogens (tertiary/aromatic N) is 1. The van der Waals surface area contributed by atoms with Crippen molar-refractivity contribution < 1.29 is 4.74 Å². The second-order valence-corrected chi connectivity index (χ2v) is 6.80. The van der Waals surface area contributed by atoms with Crippen LogP contribution in [0.25, 0.3) is 0 Å². The van der Waals surface area contributed by atoms with Gasteiger partial charge in [-0.05, 0) is 17.7 Å². The molecule has 4 heteroatoms. The van der Waals surface area contributed by atoms with Crippen LogP contribution in [0.2, 0.25) is 0 Å². The molecule has 2 N–H and O–H groups in total. The molecule has 118 valence electrons. The van der Waals surface area contributed by atoms with Gasteiger partial charge in [-0.15, -0.1) is 0 Å². The van der Waals surface area contributed by atoms with Crippen LogP contribution in [0, 0.1) is 5.92 Å². The molecule has 0 radical (unpaired) electrons. The lowest BCUT2D eigenvalue weighted by molar-refractivity contribution is 0.167. The Morgan fingerprint density at radius 1 is 1.22 bits per heavy atom. The highest BCUT2D eigenvalue weighted by Crippen LogP contribution is 2.46. The molecule has 0 spiro atoms. The van der Waals surface area contributed by atoms with Gasteiger partial charge in [-0.1, -0.05) is 30.4 Å². The molecule has 1 saturated heterocycles. The monoisotopic (exact) mass is 307 g/mol. The first-order chi connectivity index (χ1) is 11.3. The number of ether oxygens (including phenoxy) is 1. The molecule has 4 aliphatic rings. The highest BCUT2D eigenvalue weighted by atomic mass is 16.5. The number of hydrogen-bond acceptors (Lipinski definition) is 4. The van der Waals surface area contributed by atoms with Crippen LogP contribution in [0.3, 0.4) is 0 Å². The van der Waals surface area contributed by atoms with Gasteiger partial charge in [0.2, 0.25) is 0 Å². The second kappa shape index (κ2) is 5.06. The fourth-order valence-corrected chi connectivity index (χ4v) is 4.42. The molecule has 0 amide bonds. The number of hydrazine groups is 1. The summed E-state index contributed by atoms with van der Waals surface area (Å²) in [6.45, 7) is 2.90. The van der Waals surface area contributed by atoms with Gasteiger partial charge in [-0.2, -0.15) is 0 Å². The SMILES string of the molecule is CN1CC2C3=C4C(=CC=CC4CNCC3N1)Oc1ccccc12. The van der Waals surface area contributed by atoms with E-state index in [-0.39, 0.29) is 0 Å². The van der Waals surface area contributed by atoms with Gasteiger partial charge in [-0.25, -0.2) is 10.4 Å². The lowest BCUT2D eigenvalue weighted by Crippen LogP contribution is -2.54. The third kappa shape index (κ3) is 2.02. The third-order valence-corrected chi connectivity index (χ3v) is 5.35. The van der Waals surface area contributed by atoms with Crippen molar-refractivity contribution in [3.05, 3.63) is 65.0 Å². The zero-order valence-corrected chi connectivity index (χ0v) is 13.3. The van der Waals surface area contributed by atoms with E-state index in [0.717, 1.165) is 31.1 Å². The predicted octanol–water partition coefficient (Wildman–Crippen LogP) is 1.95. The van der Waals surface area contributed by atoms with Gasteiger partial charge in [0.1, 0.15) is 11.5 Å². The Kier molecular flexibility index (Phi) is 2.98. The second-order valence-electron chi connectivity index (χ2n) is 6.80. The number of para-hydroxylation sites is 1. The number of nitrogens with one attached hydrogen (secondary N) is 2. The molecule has 1 aliphatic carbocycles. The summed E-state index contributed by atoms with van der Waals surface area (Å²) in [4.78, 5) is 0. The van der Waals surface area contributed by atoms with Crippen LogP contribution >= 0.6 is 0 Å². The Morgan fingerprint density at radius 2 is 2.13 bits per heavy atom. The minimum Gasteiger partial charge on any atom is -0.457 e. The van der Waals surface area contributed by atoms with Crippen molar-refractivity contribution in [3.63, 3.8) is 0 Å². The summed E-state index contributed by atoms with van der Waals surface area (Å²) in [6.07, 6.45) is 6.56. The molecule has 4 nitrogen and oxygen atoms in total. The Morgan fingerprint density at radius 3 is 3.09 bits per heavy atom. The molecule has 5 rings (SSSR count). The van der Waals surface area contributed by atoms with E-state index in [1.54, 1.807) is 0 Å². The molecule has 1 fully saturated rings. The van der Waals surface area contributed by atoms with Crippen LogP contribution in [-0.2, 0) is 0 Å². The van der Waals surface area contributed by atoms with Crippen LogP contribution in [-0.4, -0.2) is 37.7 Å². The Labute approximate surface area is 136 Å². The lowest BCUT2D eigenvalue weighted by atomic mass is 9.78. The van der Waals surface area contributed by atoms with Gasteiger partial charge >= 0.3 is 0 Å². The summed E-state index contributed by atoms with van der Waals surface area (Å²) in [5, 5.41) is 5.84. The molecule has 0 saturated carbocycles. The van der Waals surface area contributed by atoms with Gasteiger partial charge in [0.15, 0.2) is 0 Å². The van der Waals surface area contributed by atoms with Gasteiger partial charge in [0.05, 0.1) is 6.04 Å². The molecule has 0 bridgehead atoms. The minimum absolute atomic E-state index is 0.323. The molecule has 0 aromatic heterocycles. The van der Waals surface area contributed by atoms with Crippen LogP contribution in [0.5, 0.6) is 5.75 Å². The van der Waals surface area contributed by atoms with Crippen LogP contribution in [0.4, 0.5) is 0 Å². The van der Waals surface area contributed by atoms with Gasteiger partial charge in [0, 0.05) is 49.7 Å². The number of rotatable bonds is 0. The summed E-state index contributed by atoms with van der Waals surface area (Å²) in [7, 11) is 2.13. The summed E-state index contributed by atoms with van der Waals surface area (Å²) in [5.41, 5.74) is 7.86. The van der Waals surface area contributed by atoms with Crippen molar-refractivity contribution in [1.29, 1.82) is 0 Å². The first kappa shape index (κ1) is 13.5. The van der Waals surface area contributed by atoms with Gasteiger partial charge in [-0.3, -0.25) is 0 Å². The maximum atomic E-state index is 6.37. The molecule has 3 unspecified atom stereocenters. The van der Waals surface area contributed by atoms with Crippen molar-refractivity contribution in [2.75, 3.05) is 26.7 Å². The van der Waals surface area contributed by atoms with Crippen molar-refractivity contribution in [3.8, 4) is 5.75 Å². The number of likely N-dealkylation sites (N-methyl/N-ethyl adjacent to an activating group) is 1. The van der Waals surface area contributed by atoms with E-state index in [0.29, 0.717) is 17.9 Å². The van der Waals surface area contributed by atoms with E-state index in [1.165, 1.54) is 16.7 Å². The minimum atomic E-state index is 0.323. The quantitative estimate of drug-likeness (QED) is 0.768. The molecule has 3 atom stereocenters. The van der Waals surface area contributed by atoms with Gasteiger partial charge < -0.3 is 10.1 Å². The summed E-state index contributed by atoms with van der Waals surface area (Å²) in [6, 6.07) is 8.84. The zero-order valence-electron chi connectivity index (χ0n) is 13.3. The van der Waals surface area contributed by atoms with E-state index < -0.39 is 0 Å². The van der Waals surface area contributed by atoms with Crippen molar-refractivity contribution in [2.24, 2.45) is 5.92 Å². The fraction of sp³-hybridized carbons (Fsp3) is 0.368. The third-order valence-electron chi connectivity index (χ3n) is 5.35. The van der Waals surface area contributed by atoms with E-state index in [1.807, 2.05) is 0 Å². The Balaban J connectivity index is 1.78. The van der Waals surface area contributed by atoms with Crippen molar-refractivity contribution >= 4 is 0 Å². The number of benzene rings is 1. The summed E-state index contributed by atoms with van der Waals surface area (Å²) >= 11 is 0. The molecular weight excluding hydrogens is 286 g/mol. The van der Waals surface area contributed by atoms with Gasteiger partial charge in [0.25, 0.3) is 0 Å². The first-order valence-corrected chi connectivity index (χ1v) is 8.39. The molecule has 1 aromatic carbocycles. The molecule has 1 aromatic rings. The molecule has 23 heavy (non-hydrogen) atoms. The number of fused-ring (bicyclic) bond motifs is 2. The Bertz CT molecular complexity index is 749. The summed E-state index contributed by atoms with van der Waals surface area (Å²) in [5.74, 6) is 2.82. The van der Waals surface area contributed by atoms with Crippen LogP contribution in [0.15, 0.2) is 59.4 Å². The first-order valence-electron chi connectivity index (χ1n) is 8.39. The Hall–Kier alpha value is -1.88. The predicted molar refractivity (Wildman–Crippen MR) is 90.0 cm³/mol. The maximum Gasteiger partial charge on any atom is 0.131 e. The highest BCUT2D eigenvalue weighted by molar-refractivity contribution is 5.55. The van der Waals surface area contributed by atoms with Crippen molar-refractivity contribution in [2.45, 2.75) is 12.0 Å². The number of allylic oxidation sites excluding steroid dienone is 3. The number of hydrogen-bond donors (Lipinski definition) is 2. The van der Waals surface area contributed by atoms with E-state index in [4.69, 9.17) is 4.74 Å². The smallest absolute Gasteiger partial charge is 0.131 e. The van der Waals surface area contributed by atoms with Crippen LogP contribution in [0.1, 0.15) is 11.5 Å². The standard InChI is InChI=1S/C19H21N3O/c1-22-11-14-13-6-2-3-7-16(13)23-17-8-4-5-12-9-20-10-15(21-22)19(14)18(12)17/h2-8,12,14-15,20-21H,9-11H2,1H3. The average Bonchev–Trinajstić information content (AvgIpc) is 2.82. The lowest BCUT2D eigenvalue weighted by Gasteiger charge is -2.39. The molecule has 3 aliphatic heterocycles. The van der Waals surface area contributed by atoms with E-state index in [2.05, 4.69) is 65.3 Å². The fourth-order valence-electron chi connectivity index (χ4n) is 4.42. The van der Waals surface area contributed by atoms with Crippen LogP contribution < -0.4 is 15.5 Å². The zero-order chi connectivity index (χ0) is 15.4. The maximum absolute atomic E-state index is 6.37. The van der Waals surface area contributed by atoms with Crippen molar-refractivity contribution in [1.82, 2.24) is 15.8 Å². The topological polar surface area (TPSA) is 36.5 Å². The molecular formula is C19H21N3O.